The maximum atomic E-state index is 13.4. The molecular formula is C17H11BrFNO3S2. The molecule has 0 radical (unpaired) electrons. The van der Waals surface area contributed by atoms with E-state index in [1.165, 1.54) is 30.2 Å². The number of methoxy groups -OCH3 is 1. The molecular weight excluding hydrogens is 429 g/mol. The summed E-state index contributed by atoms with van der Waals surface area (Å²) < 4.78 is 19.3. The number of carbonyl (C=O) groups is 1. The van der Waals surface area contributed by atoms with E-state index in [-0.39, 0.29) is 17.4 Å². The number of thioether (sulfide) groups is 1. The number of nitrogens with zero attached hydrogens (tertiary/aromatic N) is 1. The van der Waals surface area contributed by atoms with E-state index in [9.17, 15) is 14.3 Å². The van der Waals surface area contributed by atoms with Crippen molar-refractivity contribution in [2.45, 2.75) is 0 Å². The number of anilines is 1. The highest BCUT2D eigenvalue weighted by atomic mass is 79.9. The number of halogens is 2. The zero-order valence-electron chi connectivity index (χ0n) is 12.8. The zero-order chi connectivity index (χ0) is 18.1. The van der Waals surface area contributed by atoms with Gasteiger partial charge in [-0.1, -0.05) is 30.0 Å². The van der Waals surface area contributed by atoms with Gasteiger partial charge in [0.15, 0.2) is 15.8 Å². The number of hydrogen-bond acceptors (Lipinski definition) is 5. The van der Waals surface area contributed by atoms with Crippen molar-refractivity contribution in [3.8, 4) is 11.5 Å². The lowest BCUT2D eigenvalue weighted by atomic mass is 10.2. The molecule has 2 aromatic carbocycles. The fourth-order valence-corrected chi connectivity index (χ4v) is 4.05. The Labute approximate surface area is 161 Å². The van der Waals surface area contributed by atoms with Crippen molar-refractivity contribution in [3.05, 3.63) is 57.2 Å². The Morgan fingerprint density at radius 3 is 2.80 bits per heavy atom. The number of benzene rings is 2. The summed E-state index contributed by atoms with van der Waals surface area (Å²) >= 11 is 9.63. The Balaban J connectivity index is 1.97. The first kappa shape index (κ1) is 17.9. The second kappa shape index (κ2) is 7.15. The highest BCUT2D eigenvalue weighted by Gasteiger charge is 2.33. The van der Waals surface area contributed by atoms with Gasteiger partial charge in [-0.2, -0.15) is 0 Å². The molecule has 0 aliphatic carbocycles. The molecule has 0 bridgehead atoms. The van der Waals surface area contributed by atoms with Gasteiger partial charge >= 0.3 is 0 Å². The quantitative estimate of drug-likeness (QED) is 0.554. The van der Waals surface area contributed by atoms with E-state index < -0.39 is 5.82 Å². The normalized spacial score (nSPS) is 16.0. The topological polar surface area (TPSA) is 49.8 Å². The molecule has 4 nitrogen and oxygen atoms in total. The SMILES string of the molecule is COc1cc(/C=C2\SC(=S)N(c3cccc(F)c3)C2=O)cc(Br)c1O. The Hall–Kier alpha value is -1.90. The smallest absolute Gasteiger partial charge is 0.270 e. The van der Waals surface area contributed by atoms with Crippen LogP contribution in [0.4, 0.5) is 10.1 Å². The average molecular weight is 440 g/mol. The molecule has 0 aromatic heterocycles. The van der Waals surface area contributed by atoms with E-state index in [1.54, 1.807) is 24.3 Å². The molecule has 1 aliphatic heterocycles. The molecule has 0 unspecified atom stereocenters. The van der Waals surface area contributed by atoms with Crippen molar-refractivity contribution >= 4 is 61.9 Å². The predicted octanol–water partition coefficient (Wildman–Crippen LogP) is 4.71. The number of phenols is 1. The standard InChI is InChI=1S/C17H11BrFNO3S2/c1-23-13-6-9(5-12(18)15(13)21)7-14-16(22)20(17(24)25-14)11-4-2-3-10(19)8-11/h2-8,21H,1H3/b14-7-. The van der Waals surface area contributed by atoms with Crippen molar-refractivity contribution < 1.29 is 19.0 Å². The maximum Gasteiger partial charge on any atom is 0.270 e. The summed E-state index contributed by atoms with van der Waals surface area (Å²) in [5.74, 6) is -0.514. The first-order valence-electron chi connectivity index (χ1n) is 7.00. The zero-order valence-corrected chi connectivity index (χ0v) is 16.0. The summed E-state index contributed by atoms with van der Waals surface area (Å²) in [7, 11) is 1.44. The number of amides is 1. The minimum absolute atomic E-state index is 0.0213. The Morgan fingerprint density at radius 1 is 1.36 bits per heavy atom. The van der Waals surface area contributed by atoms with Gasteiger partial charge in [0.2, 0.25) is 0 Å². The molecule has 1 amide bonds. The Bertz CT molecular complexity index is 917. The molecule has 0 saturated carbocycles. The average Bonchev–Trinajstić information content (AvgIpc) is 2.84. The lowest BCUT2D eigenvalue weighted by Crippen LogP contribution is -2.27. The summed E-state index contributed by atoms with van der Waals surface area (Å²) in [4.78, 5) is 14.4. The highest BCUT2D eigenvalue weighted by Crippen LogP contribution is 2.39. The number of aromatic hydroxyl groups is 1. The van der Waals surface area contributed by atoms with E-state index in [4.69, 9.17) is 17.0 Å². The molecule has 1 heterocycles. The molecule has 3 rings (SSSR count). The van der Waals surface area contributed by atoms with Gasteiger partial charge in [-0.3, -0.25) is 9.69 Å². The fourth-order valence-electron chi connectivity index (χ4n) is 2.29. The van der Waals surface area contributed by atoms with Crippen molar-refractivity contribution in [1.29, 1.82) is 0 Å². The number of thiocarbonyl (C=S) groups is 1. The summed E-state index contributed by atoms with van der Waals surface area (Å²) in [5, 5.41) is 9.86. The van der Waals surface area contributed by atoms with Gasteiger partial charge in [-0.15, -0.1) is 0 Å². The van der Waals surface area contributed by atoms with Crippen LogP contribution < -0.4 is 9.64 Å². The van der Waals surface area contributed by atoms with Crippen molar-refractivity contribution in [1.82, 2.24) is 0 Å². The number of phenolic OH excluding ortho intramolecular Hbond substituents is 1. The molecule has 1 N–H and O–H groups in total. The maximum absolute atomic E-state index is 13.4. The minimum atomic E-state index is -0.442. The third-order valence-electron chi connectivity index (χ3n) is 3.43. The lowest BCUT2D eigenvalue weighted by Gasteiger charge is -2.14. The third kappa shape index (κ3) is 3.56. The van der Waals surface area contributed by atoms with Gasteiger partial charge in [0.25, 0.3) is 5.91 Å². The second-order valence-corrected chi connectivity index (χ2v) is 7.58. The monoisotopic (exact) mass is 439 g/mol. The summed E-state index contributed by atoms with van der Waals surface area (Å²) in [5.41, 5.74) is 1.04. The minimum Gasteiger partial charge on any atom is -0.503 e. The van der Waals surface area contributed by atoms with Crippen molar-refractivity contribution in [3.63, 3.8) is 0 Å². The largest absolute Gasteiger partial charge is 0.503 e. The van der Waals surface area contributed by atoms with Gasteiger partial charge < -0.3 is 9.84 Å². The highest BCUT2D eigenvalue weighted by molar-refractivity contribution is 9.10. The first-order chi connectivity index (χ1) is 11.9. The van der Waals surface area contributed by atoms with Crippen LogP contribution in [0, 0.1) is 5.82 Å². The van der Waals surface area contributed by atoms with Crippen LogP contribution in [0.5, 0.6) is 11.5 Å². The van der Waals surface area contributed by atoms with Gasteiger partial charge in [0, 0.05) is 0 Å². The predicted molar refractivity (Wildman–Crippen MR) is 104 cm³/mol. The molecule has 0 atom stereocenters. The van der Waals surface area contributed by atoms with Crippen LogP contribution in [0.15, 0.2) is 45.8 Å². The van der Waals surface area contributed by atoms with Gasteiger partial charge in [-0.05, 0) is 57.9 Å². The van der Waals surface area contributed by atoms with Crippen LogP contribution in [-0.2, 0) is 4.79 Å². The van der Waals surface area contributed by atoms with Crippen LogP contribution in [0.3, 0.4) is 0 Å². The molecule has 128 valence electrons. The molecule has 1 saturated heterocycles. The molecule has 25 heavy (non-hydrogen) atoms. The van der Waals surface area contributed by atoms with Gasteiger partial charge in [0.1, 0.15) is 5.82 Å². The van der Waals surface area contributed by atoms with E-state index in [0.717, 1.165) is 11.8 Å². The van der Waals surface area contributed by atoms with Crippen LogP contribution in [0.25, 0.3) is 6.08 Å². The molecule has 8 heteroatoms. The summed E-state index contributed by atoms with van der Waals surface area (Å²) in [6.45, 7) is 0. The van der Waals surface area contributed by atoms with E-state index in [1.807, 2.05) is 0 Å². The first-order valence-corrected chi connectivity index (χ1v) is 9.02. The Morgan fingerprint density at radius 2 is 2.12 bits per heavy atom. The van der Waals surface area contributed by atoms with Crippen LogP contribution in [0.1, 0.15) is 5.56 Å². The van der Waals surface area contributed by atoms with Crippen LogP contribution in [-0.4, -0.2) is 22.4 Å². The molecule has 2 aromatic rings. The van der Waals surface area contributed by atoms with Crippen molar-refractivity contribution in [2.75, 3.05) is 12.0 Å². The second-order valence-electron chi connectivity index (χ2n) is 5.05. The summed E-state index contributed by atoms with van der Waals surface area (Å²) in [6.07, 6.45) is 1.64. The van der Waals surface area contributed by atoms with E-state index in [2.05, 4.69) is 15.9 Å². The van der Waals surface area contributed by atoms with Crippen LogP contribution in [0.2, 0.25) is 0 Å². The number of ether oxygens (including phenoxy) is 1. The Kier molecular flexibility index (Phi) is 5.12. The number of carbonyl (C=O) groups excluding carboxylic acids is 1. The van der Waals surface area contributed by atoms with Gasteiger partial charge in [0.05, 0.1) is 22.2 Å². The molecule has 1 aliphatic rings. The van der Waals surface area contributed by atoms with E-state index in [0.29, 0.717) is 24.9 Å². The lowest BCUT2D eigenvalue weighted by molar-refractivity contribution is -0.113. The number of hydrogen-bond donors (Lipinski definition) is 1. The van der Waals surface area contributed by atoms with Crippen LogP contribution >= 0.6 is 39.9 Å². The third-order valence-corrected chi connectivity index (χ3v) is 5.34. The summed E-state index contributed by atoms with van der Waals surface area (Å²) in [6, 6.07) is 8.97. The van der Waals surface area contributed by atoms with Crippen molar-refractivity contribution in [2.24, 2.45) is 0 Å². The van der Waals surface area contributed by atoms with E-state index >= 15 is 0 Å². The van der Waals surface area contributed by atoms with Gasteiger partial charge in [-0.25, -0.2) is 4.39 Å². The molecule has 1 fully saturated rings. The fraction of sp³-hybridized carbons (Fsp3) is 0.0588. The number of rotatable bonds is 3. The molecule has 0 spiro atoms.